The molecule has 0 aromatic heterocycles. The molecule has 2 nitrogen and oxygen atoms in total. The molecular weight excluding hydrogens is 249 g/mol. The van der Waals surface area contributed by atoms with E-state index in [2.05, 4.69) is 4.72 Å². The van der Waals surface area contributed by atoms with Crippen LogP contribution in [-0.2, 0) is 0 Å². The second kappa shape index (κ2) is 5.59. The lowest BCUT2D eigenvalue weighted by molar-refractivity contribution is -0.00291. The van der Waals surface area contributed by atoms with Gasteiger partial charge >= 0.3 is 0 Å². The van der Waals surface area contributed by atoms with Crippen LogP contribution in [0.3, 0.4) is 0 Å². The summed E-state index contributed by atoms with van der Waals surface area (Å²) in [4.78, 5) is 0.807. The molecule has 0 radical (unpaired) electrons. The second-order valence-corrected chi connectivity index (χ2v) is 6.24. The van der Waals surface area contributed by atoms with Crippen molar-refractivity contribution in [1.82, 2.24) is 4.72 Å². The third kappa shape index (κ3) is 3.46. The highest BCUT2D eigenvalue weighted by Crippen LogP contribution is 2.29. The van der Waals surface area contributed by atoms with Crippen molar-refractivity contribution in [2.24, 2.45) is 0 Å². The Morgan fingerprint density at radius 2 is 1.94 bits per heavy atom. The van der Waals surface area contributed by atoms with Crippen LogP contribution in [-0.4, -0.2) is 16.2 Å². The molecule has 0 amide bonds. The van der Waals surface area contributed by atoms with Crippen LogP contribution >= 0.6 is 11.9 Å². The first kappa shape index (κ1) is 15.5. The molecule has 0 aliphatic heterocycles. The van der Waals surface area contributed by atoms with Gasteiger partial charge in [0.15, 0.2) is 0 Å². The lowest BCUT2D eigenvalue weighted by Crippen LogP contribution is -2.55. The molecule has 0 saturated carbocycles. The Morgan fingerprint density at radius 1 is 1.33 bits per heavy atom. The molecule has 18 heavy (non-hydrogen) atoms. The van der Waals surface area contributed by atoms with Gasteiger partial charge in [-0.1, -0.05) is 13.0 Å². The summed E-state index contributed by atoms with van der Waals surface area (Å²) >= 11 is 1.35. The molecular formula is C14H22FNOS. The van der Waals surface area contributed by atoms with Gasteiger partial charge in [0.1, 0.15) is 5.82 Å². The zero-order valence-electron chi connectivity index (χ0n) is 11.7. The molecule has 1 aromatic carbocycles. The quantitative estimate of drug-likeness (QED) is 0.801. The SMILES string of the molecule is CCC(C)(NSc1ccc(C)c(F)c1)C(C)(C)O. The van der Waals surface area contributed by atoms with Crippen molar-refractivity contribution in [3.8, 4) is 0 Å². The fourth-order valence-electron chi connectivity index (χ4n) is 1.44. The summed E-state index contributed by atoms with van der Waals surface area (Å²) in [6.45, 7) is 9.27. The standard InChI is InChI=1S/C14H22FNOS/c1-6-14(5,13(3,4)17)16-18-11-8-7-10(2)12(15)9-11/h7-9,16-17H,6H2,1-5H3. The Balaban J connectivity index is 2.77. The molecule has 1 rings (SSSR count). The molecule has 102 valence electrons. The molecule has 1 unspecified atom stereocenters. The zero-order valence-corrected chi connectivity index (χ0v) is 12.5. The third-order valence-corrected chi connectivity index (χ3v) is 4.64. The highest BCUT2D eigenvalue weighted by atomic mass is 32.2. The summed E-state index contributed by atoms with van der Waals surface area (Å²) in [6, 6.07) is 5.14. The van der Waals surface area contributed by atoms with E-state index < -0.39 is 11.1 Å². The van der Waals surface area contributed by atoms with Gasteiger partial charge in [0.25, 0.3) is 0 Å². The van der Waals surface area contributed by atoms with Crippen LogP contribution in [0.4, 0.5) is 4.39 Å². The monoisotopic (exact) mass is 271 g/mol. The average Bonchev–Trinajstić information content (AvgIpc) is 2.28. The second-order valence-electron chi connectivity index (χ2n) is 5.36. The molecule has 1 aromatic rings. The molecule has 2 N–H and O–H groups in total. The number of aliphatic hydroxyl groups is 1. The van der Waals surface area contributed by atoms with Crippen LogP contribution in [0.25, 0.3) is 0 Å². The molecule has 0 bridgehead atoms. The Kier molecular flexibility index (Phi) is 4.81. The van der Waals surface area contributed by atoms with E-state index in [4.69, 9.17) is 0 Å². The van der Waals surface area contributed by atoms with Crippen molar-refractivity contribution in [3.63, 3.8) is 0 Å². The maximum Gasteiger partial charge on any atom is 0.127 e. The van der Waals surface area contributed by atoms with E-state index in [1.54, 1.807) is 26.8 Å². The maximum absolute atomic E-state index is 13.4. The number of rotatable bonds is 5. The zero-order chi connectivity index (χ0) is 14.0. The number of aryl methyl sites for hydroxylation is 1. The van der Waals surface area contributed by atoms with Crippen molar-refractivity contribution >= 4 is 11.9 Å². The van der Waals surface area contributed by atoms with E-state index in [9.17, 15) is 9.50 Å². The van der Waals surface area contributed by atoms with Crippen molar-refractivity contribution in [1.29, 1.82) is 0 Å². The molecule has 0 aliphatic carbocycles. The van der Waals surface area contributed by atoms with Crippen LogP contribution in [0.5, 0.6) is 0 Å². The summed E-state index contributed by atoms with van der Waals surface area (Å²) in [6.07, 6.45) is 0.776. The first-order valence-electron chi connectivity index (χ1n) is 6.12. The van der Waals surface area contributed by atoms with Gasteiger partial charge in [0, 0.05) is 4.90 Å². The number of halogens is 1. The number of nitrogens with one attached hydrogen (secondary N) is 1. The Morgan fingerprint density at radius 3 is 2.39 bits per heavy atom. The van der Waals surface area contributed by atoms with E-state index in [1.807, 2.05) is 19.9 Å². The van der Waals surface area contributed by atoms with Crippen LogP contribution in [0.2, 0.25) is 0 Å². The minimum absolute atomic E-state index is 0.205. The first-order chi connectivity index (χ1) is 8.19. The highest BCUT2D eigenvalue weighted by Gasteiger charge is 2.37. The predicted molar refractivity (Wildman–Crippen MR) is 75.1 cm³/mol. The van der Waals surface area contributed by atoms with Crippen molar-refractivity contribution in [3.05, 3.63) is 29.6 Å². The largest absolute Gasteiger partial charge is 0.389 e. The lowest BCUT2D eigenvalue weighted by Gasteiger charge is -2.40. The van der Waals surface area contributed by atoms with Gasteiger partial charge in [0.2, 0.25) is 0 Å². The summed E-state index contributed by atoms with van der Waals surface area (Å²) in [5.74, 6) is -0.205. The van der Waals surface area contributed by atoms with E-state index >= 15 is 0 Å². The van der Waals surface area contributed by atoms with Gasteiger partial charge in [-0.05, 0) is 63.8 Å². The van der Waals surface area contributed by atoms with E-state index in [0.717, 1.165) is 11.3 Å². The van der Waals surface area contributed by atoms with Crippen LogP contribution in [0.1, 0.15) is 39.7 Å². The Hall–Kier alpha value is -0.580. The Labute approximate surface area is 113 Å². The van der Waals surface area contributed by atoms with Gasteiger partial charge in [-0.15, -0.1) is 0 Å². The van der Waals surface area contributed by atoms with Crippen LogP contribution < -0.4 is 4.72 Å². The average molecular weight is 271 g/mol. The van der Waals surface area contributed by atoms with Crippen molar-refractivity contribution in [2.45, 2.75) is 57.1 Å². The minimum atomic E-state index is -0.849. The smallest absolute Gasteiger partial charge is 0.127 e. The molecule has 0 saturated heterocycles. The minimum Gasteiger partial charge on any atom is -0.389 e. The summed E-state index contributed by atoms with van der Waals surface area (Å²) in [5.41, 5.74) is -0.642. The third-order valence-electron chi connectivity index (χ3n) is 3.59. The molecule has 1 atom stereocenters. The Bertz CT molecular complexity index is 417. The lowest BCUT2D eigenvalue weighted by atomic mass is 9.83. The van der Waals surface area contributed by atoms with Gasteiger partial charge in [-0.25, -0.2) is 4.39 Å². The van der Waals surface area contributed by atoms with Gasteiger partial charge in [-0.3, -0.25) is 4.72 Å². The summed E-state index contributed by atoms with van der Waals surface area (Å²) < 4.78 is 16.7. The predicted octanol–water partition coefficient (Wildman–Crippen LogP) is 3.67. The van der Waals surface area contributed by atoms with Crippen molar-refractivity contribution < 1.29 is 9.50 Å². The topological polar surface area (TPSA) is 32.3 Å². The molecule has 0 fully saturated rings. The molecule has 4 heteroatoms. The fraction of sp³-hybridized carbons (Fsp3) is 0.571. The maximum atomic E-state index is 13.4. The summed E-state index contributed by atoms with van der Waals surface area (Å²) in [5, 5.41) is 10.2. The molecule has 0 heterocycles. The van der Waals surface area contributed by atoms with Crippen LogP contribution in [0, 0.1) is 12.7 Å². The number of hydrogen-bond donors (Lipinski definition) is 2. The first-order valence-corrected chi connectivity index (χ1v) is 6.94. The number of benzene rings is 1. The van der Waals surface area contributed by atoms with Crippen molar-refractivity contribution in [2.75, 3.05) is 0 Å². The van der Waals surface area contributed by atoms with E-state index in [-0.39, 0.29) is 5.82 Å². The highest BCUT2D eigenvalue weighted by molar-refractivity contribution is 7.97. The van der Waals surface area contributed by atoms with Gasteiger partial charge < -0.3 is 5.11 Å². The van der Waals surface area contributed by atoms with E-state index in [1.165, 1.54) is 18.0 Å². The normalized spacial score (nSPS) is 15.5. The fourth-order valence-corrected chi connectivity index (χ4v) is 2.47. The van der Waals surface area contributed by atoms with Crippen LogP contribution in [0.15, 0.2) is 23.1 Å². The van der Waals surface area contributed by atoms with E-state index in [0.29, 0.717) is 5.56 Å². The summed E-state index contributed by atoms with van der Waals surface area (Å²) in [7, 11) is 0. The van der Waals surface area contributed by atoms with Gasteiger partial charge in [0.05, 0.1) is 11.1 Å². The molecule has 0 spiro atoms. The van der Waals surface area contributed by atoms with Gasteiger partial charge in [-0.2, -0.15) is 0 Å². The number of hydrogen-bond acceptors (Lipinski definition) is 3. The molecule has 0 aliphatic rings.